The standard InChI is InChI=1S/C7H10N2O/c1-6(2)5-8-7-3-4-10-9-7/h3-4H,1,5H2,2H3,(H,8,9). The van der Waals surface area contributed by atoms with E-state index in [1.54, 1.807) is 6.07 Å². The average Bonchev–Trinajstić information content (AvgIpc) is 2.34. The second-order valence-corrected chi connectivity index (χ2v) is 2.20. The summed E-state index contributed by atoms with van der Waals surface area (Å²) in [5.41, 5.74) is 1.07. The molecule has 0 aliphatic rings. The number of rotatable bonds is 3. The minimum absolute atomic E-state index is 0.743. The highest BCUT2D eigenvalue weighted by Gasteiger charge is 1.91. The van der Waals surface area contributed by atoms with Gasteiger partial charge in [-0.05, 0) is 6.92 Å². The summed E-state index contributed by atoms with van der Waals surface area (Å²) in [7, 11) is 0. The van der Waals surface area contributed by atoms with Crippen molar-refractivity contribution in [3.63, 3.8) is 0 Å². The summed E-state index contributed by atoms with van der Waals surface area (Å²) >= 11 is 0. The number of hydrogen-bond acceptors (Lipinski definition) is 3. The van der Waals surface area contributed by atoms with Crippen LogP contribution >= 0.6 is 0 Å². The van der Waals surface area contributed by atoms with E-state index in [1.807, 2.05) is 6.92 Å². The Morgan fingerprint density at radius 2 is 2.70 bits per heavy atom. The van der Waals surface area contributed by atoms with Crippen LogP contribution in [0.3, 0.4) is 0 Å². The molecule has 0 atom stereocenters. The lowest BCUT2D eigenvalue weighted by Gasteiger charge is -1.98. The Balaban J connectivity index is 2.35. The molecule has 0 aliphatic carbocycles. The van der Waals surface area contributed by atoms with Crippen LogP contribution in [0.15, 0.2) is 29.0 Å². The highest BCUT2D eigenvalue weighted by atomic mass is 16.5. The molecule has 0 bridgehead atoms. The Kier molecular flexibility index (Phi) is 2.10. The van der Waals surface area contributed by atoms with Crippen LogP contribution < -0.4 is 5.32 Å². The molecule has 3 heteroatoms. The zero-order valence-corrected chi connectivity index (χ0v) is 5.92. The lowest BCUT2D eigenvalue weighted by atomic mass is 10.3. The summed E-state index contributed by atoms with van der Waals surface area (Å²) in [6.45, 7) is 6.43. The van der Waals surface area contributed by atoms with E-state index in [2.05, 4.69) is 21.6 Å². The molecule has 0 spiro atoms. The normalized spacial score (nSPS) is 9.30. The monoisotopic (exact) mass is 138 g/mol. The van der Waals surface area contributed by atoms with Crippen molar-refractivity contribution < 1.29 is 4.52 Å². The summed E-state index contributed by atoms with van der Waals surface area (Å²) in [4.78, 5) is 0. The summed E-state index contributed by atoms with van der Waals surface area (Å²) in [5.74, 6) is 0.753. The van der Waals surface area contributed by atoms with Gasteiger partial charge in [-0.15, -0.1) is 0 Å². The highest BCUT2D eigenvalue weighted by molar-refractivity contribution is 5.32. The van der Waals surface area contributed by atoms with Crippen molar-refractivity contribution in [2.45, 2.75) is 6.92 Å². The molecule has 10 heavy (non-hydrogen) atoms. The first-order valence-corrected chi connectivity index (χ1v) is 3.07. The maximum Gasteiger partial charge on any atom is 0.169 e. The molecule has 1 aromatic rings. The predicted molar refractivity (Wildman–Crippen MR) is 39.8 cm³/mol. The second kappa shape index (κ2) is 3.06. The summed E-state index contributed by atoms with van der Waals surface area (Å²) in [5, 5.41) is 6.68. The average molecular weight is 138 g/mol. The van der Waals surface area contributed by atoms with E-state index in [4.69, 9.17) is 0 Å². The smallest absolute Gasteiger partial charge is 0.169 e. The van der Waals surface area contributed by atoms with Gasteiger partial charge < -0.3 is 9.84 Å². The first kappa shape index (κ1) is 6.86. The van der Waals surface area contributed by atoms with Gasteiger partial charge >= 0.3 is 0 Å². The van der Waals surface area contributed by atoms with Gasteiger partial charge in [0.25, 0.3) is 0 Å². The van der Waals surface area contributed by atoms with Crippen molar-refractivity contribution in [3.05, 3.63) is 24.5 Å². The Hall–Kier alpha value is -1.25. The fourth-order valence-corrected chi connectivity index (χ4v) is 0.545. The van der Waals surface area contributed by atoms with Gasteiger partial charge in [-0.2, -0.15) is 0 Å². The molecule has 0 saturated heterocycles. The molecule has 0 unspecified atom stereocenters. The molecule has 0 fully saturated rings. The van der Waals surface area contributed by atoms with Crippen LogP contribution in [0.5, 0.6) is 0 Å². The van der Waals surface area contributed by atoms with Crippen LogP contribution in [0.1, 0.15) is 6.92 Å². The molecule has 1 heterocycles. The van der Waals surface area contributed by atoms with Crippen molar-refractivity contribution in [1.82, 2.24) is 5.16 Å². The van der Waals surface area contributed by atoms with Crippen LogP contribution in [-0.4, -0.2) is 11.7 Å². The van der Waals surface area contributed by atoms with Gasteiger partial charge in [-0.3, -0.25) is 0 Å². The van der Waals surface area contributed by atoms with Gasteiger partial charge in [0.05, 0.1) is 0 Å². The van der Waals surface area contributed by atoms with Gasteiger partial charge in [0, 0.05) is 12.6 Å². The number of anilines is 1. The van der Waals surface area contributed by atoms with Crippen LogP contribution in [0, 0.1) is 0 Å². The van der Waals surface area contributed by atoms with Gasteiger partial charge in [0.1, 0.15) is 6.26 Å². The number of hydrogen-bond donors (Lipinski definition) is 1. The Morgan fingerprint density at radius 3 is 3.20 bits per heavy atom. The van der Waals surface area contributed by atoms with Gasteiger partial charge in [0.2, 0.25) is 0 Å². The largest absolute Gasteiger partial charge is 0.364 e. The van der Waals surface area contributed by atoms with Gasteiger partial charge in [0.15, 0.2) is 5.82 Å². The Labute approximate surface area is 59.7 Å². The van der Waals surface area contributed by atoms with Crippen LogP contribution in [0.25, 0.3) is 0 Å². The lowest BCUT2D eigenvalue weighted by molar-refractivity contribution is 0.422. The van der Waals surface area contributed by atoms with Crippen molar-refractivity contribution in [1.29, 1.82) is 0 Å². The molecule has 54 valence electrons. The fraction of sp³-hybridized carbons (Fsp3) is 0.286. The lowest BCUT2D eigenvalue weighted by Crippen LogP contribution is -2.01. The van der Waals surface area contributed by atoms with Gasteiger partial charge in [-0.1, -0.05) is 17.3 Å². The second-order valence-electron chi connectivity index (χ2n) is 2.20. The fourth-order valence-electron chi connectivity index (χ4n) is 0.545. The highest BCUT2D eigenvalue weighted by Crippen LogP contribution is 2.00. The van der Waals surface area contributed by atoms with E-state index in [-0.39, 0.29) is 0 Å². The number of nitrogens with zero attached hydrogens (tertiary/aromatic N) is 1. The topological polar surface area (TPSA) is 38.1 Å². The maximum atomic E-state index is 4.60. The van der Waals surface area contributed by atoms with Crippen molar-refractivity contribution in [3.8, 4) is 0 Å². The van der Waals surface area contributed by atoms with E-state index in [0.717, 1.165) is 17.9 Å². The molecule has 0 radical (unpaired) electrons. The molecule has 3 nitrogen and oxygen atoms in total. The van der Waals surface area contributed by atoms with Gasteiger partial charge in [-0.25, -0.2) is 0 Å². The third-order valence-electron chi connectivity index (χ3n) is 1.01. The minimum atomic E-state index is 0.743. The first-order chi connectivity index (χ1) is 4.79. The van der Waals surface area contributed by atoms with E-state index in [9.17, 15) is 0 Å². The summed E-state index contributed by atoms with van der Waals surface area (Å²) < 4.78 is 4.60. The molecular weight excluding hydrogens is 128 g/mol. The zero-order valence-electron chi connectivity index (χ0n) is 5.92. The minimum Gasteiger partial charge on any atom is -0.364 e. The van der Waals surface area contributed by atoms with E-state index < -0.39 is 0 Å². The van der Waals surface area contributed by atoms with Crippen molar-refractivity contribution >= 4 is 5.82 Å². The molecule has 1 N–H and O–H groups in total. The quantitative estimate of drug-likeness (QED) is 0.645. The maximum absolute atomic E-state index is 4.60. The van der Waals surface area contributed by atoms with Crippen LogP contribution in [-0.2, 0) is 0 Å². The van der Waals surface area contributed by atoms with Crippen molar-refractivity contribution in [2.24, 2.45) is 0 Å². The first-order valence-electron chi connectivity index (χ1n) is 3.07. The number of nitrogens with one attached hydrogen (secondary N) is 1. The molecule has 0 aromatic carbocycles. The van der Waals surface area contributed by atoms with Crippen LogP contribution in [0.2, 0.25) is 0 Å². The Morgan fingerprint density at radius 1 is 1.90 bits per heavy atom. The number of aromatic nitrogens is 1. The summed E-state index contributed by atoms with van der Waals surface area (Å²) in [6, 6.07) is 1.77. The predicted octanol–water partition coefficient (Wildman–Crippen LogP) is 1.66. The molecule has 0 saturated carbocycles. The zero-order chi connectivity index (χ0) is 7.40. The molecule has 0 aliphatic heterocycles. The molecule has 1 rings (SSSR count). The SMILES string of the molecule is C=C(C)CNc1ccon1. The Bertz CT molecular complexity index is 203. The van der Waals surface area contributed by atoms with Crippen molar-refractivity contribution in [2.75, 3.05) is 11.9 Å². The van der Waals surface area contributed by atoms with E-state index in [1.165, 1.54) is 6.26 Å². The van der Waals surface area contributed by atoms with E-state index in [0.29, 0.717) is 0 Å². The molecular formula is C7H10N2O. The van der Waals surface area contributed by atoms with E-state index >= 15 is 0 Å². The molecule has 0 amide bonds. The van der Waals surface area contributed by atoms with Crippen LogP contribution in [0.4, 0.5) is 5.82 Å². The third kappa shape index (κ3) is 1.93. The summed E-state index contributed by atoms with van der Waals surface area (Å²) in [6.07, 6.45) is 1.53. The third-order valence-corrected chi connectivity index (χ3v) is 1.01. The molecule has 1 aromatic heterocycles.